The minimum atomic E-state index is 0.370. The van der Waals surface area contributed by atoms with Gasteiger partial charge in [-0.25, -0.2) is 0 Å². The molecule has 0 amide bonds. The third-order valence-corrected chi connectivity index (χ3v) is 3.42. The number of benzene rings is 1. The van der Waals surface area contributed by atoms with Gasteiger partial charge >= 0.3 is 0 Å². The Hall–Kier alpha value is -1.22. The highest BCUT2D eigenvalue weighted by Gasteiger charge is 2.22. The summed E-state index contributed by atoms with van der Waals surface area (Å²) >= 11 is 0. The van der Waals surface area contributed by atoms with Crippen molar-refractivity contribution in [3.8, 4) is 11.5 Å². The lowest BCUT2D eigenvalue weighted by molar-refractivity contribution is 0.174. The zero-order chi connectivity index (χ0) is 11.0. The van der Waals surface area contributed by atoms with Crippen LogP contribution in [-0.2, 0) is 12.8 Å². The first-order valence-corrected chi connectivity index (χ1v) is 6.01. The Labute approximate surface area is 95.8 Å². The average Bonchev–Trinajstić information content (AvgIpc) is 2.73. The number of aryl methyl sites for hydroxylation is 1. The predicted octanol–water partition coefficient (Wildman–Crippen LogP) is 1.88. The molecule has 2 aliphatic rings. The predicted molar refractivity (Wildman–Crippen MR) is 62.1 cm³/mol. The van der Waals surface area contributed by atoms with E-state index in [4.69, 9.17) is 9.47 Å². The normalized spacial score (nSPS) is 21.9. The van der Waals surface area contributed by atoms with E-state index in [0.717, 1.165) is 30.9 Å². The molecule has 3 rings (SSSR count). The van der Waals surface area contributed by atoms with Crippen molar-refractivity contribution < 1.29 is 9.47 Å². The van der Waals surface area contributed by atoms with Crippen molar-refractivity contribution in [1.82, 2.24) is 5.32 Å². The smallest absolute Gasteiger partial charge is 0.231 e. The van der Waals surface area contributed by atoms with Crippen molar-refractivity contribution in [3.63, 3.8) is 0 Å². The summed E-state index contributed by atoms with van der Waals surface area (Å²) < 4.78 is 10.8. The molecule has 1 N–H and O–H groups in total. The Kier molecular flexibility index (Phi) is 2.48. The second-order valence-electron chi connectivity index (χ2n) is 4.47. The van der Waals surface area contributed by atoms with E-state index in [1.165, 1.54) is 17.5 Å². The van der Waals surface area contributed by atoms with Crippen molar-refractivity contribution >= 4 is 0 Å². The standard InChI is InChI=1S/C13H17NO2/c1-2-14-11-4-3-9-6-12-13(16-8-15-12)7-10(9)5-11/h6-7,11,14H,2-5,8H2,1H3/t11-/m0/s1. The molecule has 0 bridgehead atoms. The van der Waals surface area contributed by atoms with Crippen LogP contribution in [0.5, 0.6) is 11.5 Å². The quantitative estimate of drug-likeness (QED) is 0.824. The molecule has 1 heterocycles. The van der Waals surface area contributed by atoms with Crippen LogP contribution in [0.1, 0.15) is 24.5 Å². The number of fused-ring (bicyclic) bond motifs is 2. The lowest BCUT2D eigenvalue weighted by atomic mass is 9.88. The van der Waals surface area contributed by atoms with Gasteiger partial charge in [0.05, 0.1) is 0 Å². The van der Waals surface area contributed by atoms with Crippen LogP contribution >= 0.6 is 0 Å². The van der Waals surface area contributed by atoms with Gasteiger partial charge in [-0.05, 0) is 49.1 Å². The van der Waals surface area contributed by atoms with Gasteiger partial charge in [0.25, 0.3) is 0 Å². The van der Waals surface area contributed by atoms with E-state index in [1.54, 1.807) is 0 Å². The molecular formula is C13H17NO2. The molecule has 1 atom stereocenters. The number of hydrogen-bond donors (Lipinski definition) is 1. The first-order valence-electron chi connectivity index (χ1n) is 6.01. The van der Waals surface area contributed by atoms with Crippen LogP contribution in [0.3, 0.4) is 0 Å². The van der Waals surface area contributed by atoms with Crippen molar-refractivity contribution in [1.29, 1.82) is 0 Å². The molecule has 0 saturated heterocycles. The van der Waals surface area contributed by atoms with Gasteiger partial charge in [0.15, 0.2) is 11.5 Å². The summed E-state index contributed by atoms with van der Waals surface area (Å²) in [5.74, 6) is 1.83. The van der Waals surface area contributed by atoms with Gasteiger partial charge < -0.3 is 14.8 Å². The van der Waals surface area contributed by atoms with E-state index in [0.29, 0.717) is 12.8 Å². The van der Waals surface area contributed by atoms with Crippen LogP contribution in [-0.4, -0.2) is 19.4 Å². The molecule has 0 radical (unpaired) electrons. The highest BCUT2D eigenvalue weighted by Crippen LogP contribution is 2.37. The molecule has 1 aliphatic heterocycles. The molecule has 1 aliphatic carbocycles. The summed E-state index contributed by atoms with van der Waals surface area (Å²) in [7, 11) is 0. The van der Waals surface area contributed by atoms with Gasteiger partial charge in [-0.15, -0.1) is 0 Å². The number of ether oxygens (including phenoxy) is 2. The van der Waals surface area contributed by atoms with Crippen molar-refractivity contribution in [2.24, 2.45) is 0 Å². The SMILES string of the molecule is CCN[C@H]1CCc2cc3c(cc2C1)OCO3. The largest absolute Gasteiger partial charge is 0.454 e. The number of rotatable bonds is 2. The summed E-state index contributed by atoms with van der Waals surface area (Å²) in [5, 5.41) is 3.52. The molecule has 3 nitrogen and oxygen atoms in total. The Bertz CT molecular complexity index is 403. The molecule has 1 aromatic rings. The minimum Gasteiger partial charge on any atom is -0.454 e. The van der Waals surface area contributed by atoms with E-state index in [1.807, 2.05) is 0 Å². The molecule has 0 saturated carbocycles. The Morgan fingerprint density at radius 2 is 2.00 bits per heavy atom. The topological polar surface area (TPSA) is 30.5 Å². The van der Waals surface area contributed by atoms with Crippen LogP contribution in [0.15, 0.2) is 12.1 Å². The molecule has 1 aromatic carbocycles. The fraction of sp³-hybridized carbons (Fsp3) is 0.538. The summed E-state index contributed by atoms with van der Waals surface area (Å²) in [6.07, 6.45) is 3.48. The number of hydrogen-bond acceptors (Lipinski definition) is 3. The van der Waals surface area contributed by atoms with Crippen molar-refractivity contribution in [2.75, 3.05) is 13.3 Å². The second kappa shape index (κ2) is 3.98. The maximum Gasteiger partial charge on any atom is 0.231 e. The Morgan fingerprint density at radius 3 is 2.75 bits per heavy atom. The monoisotopic (exact) mass is 219 g/mol. The van der Waals surface area contributed by atoms with E-state index >= 15 is 0 Å². The van der Waals surface area contributed by atoms with Gasteiger partial charge in [0.1, 0.15) is 0 Å². The molecular weight excluding hydrogens is 202 g/mol. The van der Waals surface area contributed by atoms with Crippen LogP contribution in [0.25, 0.3) is 0 Å². The van der Waals surface area contributed by atoms with Gasteiger partial charge in [-0.3, -0.25) is 0 Å². The van der Waals surface area contributed by atoms with Gasteiger partial charge in [-0.1, -0.05) is 6.92 Å². The molecule has 0 aromatic heterocycles. The van der Waals surface area contributed by atoms with Crippen LogP contribution in [0.4, 0.5) is 0 Å². The van der Waals surface area contributed by atoms with Gasteiger partial charge in [0.2, 0.25) is 6.79 Å². The summed E-state index contributed by atoms with van der Waals surface area (Å²) in [5.41, 5.74) is 2.85. The van der Waals surface area contributed by atoms with E-state index in [2.05, 4.69) is 24.4 Å². The van der Waals surface area contributed by atoms with Gasteiger partial charge in [0, 0.05) is 6.04 Å². The number of likely N-dealkylation sites (N-methyl/N-ethyl adjacent to an activating group) is 1. The minimum absolute atomic E-state index is 0.370. The lowest BCUT2D eigenvalue weighted by Gasteiger charge is -2.25. The molecule has 0 unspecified atom stereocenters. The third-order valence-electron chi connectivity index (χ3n) is 3.42. The lowest BCUT2D eigenvalue weighted by Crippen LogP contribution is -2.34. The summed E-state index contributed by atoms with van der Waals surface area (Å²) in [6.45, 7) is 3.58. The average molecular weight is 219 g/mol. The Morgan fingerprint density at radius 1 is 1.25 bits per heavy atom. The van der Waals surface area contributed by atoms with Crippen LogP contribution in [0.2, 0.25) is 0 Å². The fourth-order valence-electron chi connectivity index (χ4n) is 2.61. The maximum atomic E-state index is 5.42. The molecule has 0 spiro atoms. The molecule has 86 valence electrons. The zero-order valence-corrected chi connectivity index (χ0v) is 9.58. The summed E-state index contributed by atoms with van der Waals surface area (Å²) in [6, 6.07) is 4.93. The first-order chi connectivity index (χ1) is 7.86. The van der Waals surface area contributed by atoms with E-state index in [-0.39, 0.29) is 0 Å². The van der Waals surface area contributed by atoms with Crippen molar-refractivity contribution in [3.05, 3.63) is 23.3 Å². The highest BCUT2D eigenvalue weighted by atomic mass is 16.7. The van der Waals surface area contributed by atoms with Crippen molar-refractivity contribution in [2.45, 2.75) is 32.2 Å². The third kappa shape index (κ3) is 1.65. The highest BCUT2D eigenvalue weighted by molar-refractivity contribution is 5.49. The zero-order valence-electron chi connectivity index (χ0n) is 9.58. The summed E-state index contributed by atoms with van der Waals surface area (Å²) in [4.78, 5) is 0. The second-order valence-corrected chi connectivity index (χ2v) is 4.47. The number of nitrogens with one attached hydrogen (secondary N) is 1. The molecule has 0 fully saturated rings. The van der Waals surface area contributed by atoms with Crippen LogP contribution < -0.4 is 14.8 Å². The van der Waals surface area contributed by atoms with Crippen LogP contribution in [0, 0.1) is 0 Å². The molecule has 16 heavy (non-hydrogen) atoms. The molecule has 3 heteroatoms. The van der Waals surface area contributed by atoms with Gasteiger partial charge in [-0.2, -0.15) is 0 Å². The first kappa shape index (κ1) is 9.97. The van der Waals surface area contributed by atoms with E-state index < -0.39 is 0 Å². The maximum absolute atomic E-state index is 5.42. The van der Waals surface area contributed by atoms with E-state index in [9.17, 15) is 0 Å². The Balaban J connectivity index is 1.87. The fourth-order valence-corrected chi connectivity index (χ4v) is 2.61.